The molecule has 1 heterocycles. The van der Waals surface area contributed by atoms with Gasteiger partial charge in [0.2, 0.25) is 0 Å². The van der Waals surface area contributed by atoms with Crippen molar-refractivity contribution in [2.24, 2.45) is 5.16 Å². The monoisotopic (exact) mass is 313 g/mol. The third-order valence-corrected chi connectivity index (χ3v) is 3.77. The van der Waals surface area contributed by atoms with E-state index in [1.807, 2.05) is 49.4 Å². The van der Waals surface area contributed by atoms with Crippen LogP contribution in [0.4, 0.5) is 8.78 Å². The molecular formula is C19H17F2NO. The van der Waals surface area contributed by atoms with Crippen molar-refractivity contribution in [2.45, 2.75) is 25.9 Å². The van der Waals surface area contributed by atoms with Gasteiger partial charge >= 0.3 is 6.11 Å². The van der Waals surface area contributed by atoms with Gasteiger partial charge in [-0.1, -0.05) is 71.4 Å². The lowest BCUT2D eigenvalue weighted by Gasteiger charge is -2.10. The molecule has 1 aliphatic heterocycles. The molecule has 0 amide bonds. The van der Waals surface area contributed by atoms with Crippen LogP contribution in [0.5, 0.6) is 0 Å². The number of rotatable bonds is 4. The Kier molecular flexibility index (Phi) is 4.24. The van der Waals surface area contributed by atoms with Gasteiger partial charge in [0.05, 0.1) is 5.57 Å². The van der Waals surface area contributed by atoms with Crippen molar-refractivity contribution in [3.8, 4) is 0 Å². The number of hydrogen-bond donors (Lipinski definition) is 0. The van der Waals surface area contributed by atoms with Gasteiger partial charge in [-0.3, -0.25) is 0 Å². The van der Waals surface area contributed by atoms with Crippen LogP contribution in [-0.2, 0) is 11.3 Å². The number of nitrogens with zero attached hydrogens (tertiary/aromatic N) is 1. The molecule has 0 bridgehead atoms. The average molecular weight is 313 g/mol. The number of allylic oxidation sites excluding steroid dienone is 1. The summed E-state index contributed by atoms with van der Waals surface area (Å²) in [6.07, 6.45) is -0.639. The first-order chi connectivity index (χ1) is 11.1. The molecule has 0 atom stereocenters. The molecule has 0 saturated heterocycles. The van der Waals surface area contributed by atoms with E-state index in [0.717, 1.165) is 11.1 Å². The van der Waals surface area contributed by atoms with Crippen molar-refractivity contribution in [3.63, 3.8) is 0 Å². The lowest BCUT2D eigenvalue weighted by Crippen LogP contribution is -2.20. The maximum atomic E-state index is 13.9. The van der Waals surface area contributed by atoms with Gasteiger partial charge in [0.1, 0.15) is 5.71 Å². The zero-order valence-corrected chi connectivity index (χ0v) is 12.8. The minimum absolute atomic E-state index is 0.155. The van der Waals surface area contributed by atoms with Crippen LogP contribution >= 0.6 is 0 Å². The van der Waals surface area contributed by atoms with Crippen LogP contribution in [0.25, 0.3) is 0 Å². The van der Waals surface area contributed by atoms with E-state index in [1.165, 1.54) is 6.08 Å². The maximum Gasteiger partial charge on any atom is 0.448 e. The van der Waals surface area contributed by atoms with Crippen molar-refractivity contribution in [1.29, 1.82) is 0 Å². The van der Waals surface area contributed by atoms with Gasteiger partial charge < -0.3 is 4.84 Å². The number of hydrogen-bond acceptors (Lipinski definition) is 2. The van der Waals surface area contributed by atoms with Crippen molar-refractivity contribution < 1.29 is 13.6 Å². The summed E-state index contributed by atoms with van der Waals surface area (Å²) in [5.41, 5.74) is 2.87. The molecule has 2 aromatic carbocycles. The van der Waals surface area contributed by atoms with E-state index in [2.05, 4.69) is 9.99 Å². The highest BCUT2D eigenvalue weighted by Gasteiger charge is 2.45. The van der Waals surface area contributed by atoms with Crippen LogP contribution in [0.3, 0.4) is 0 Å². The Morgan fingerprint density at radius 2 is 1.74 bits per heavy atom. The van der Waals surface area contributed by atoms with Crippen molar-refractivity contribution >= 4 is 5.71 Å². The Morgan fingerprint density at radius 3 is 2.43 bits per heavy atom. The number of halogens is 2. The highest BCUT2D eigenvalue weighted by molar-refractivity contribution is 6.14. The van der Waals surface area contributed by atoms with Crippen LogP contribution in [0.15, 0.2) is 71.4 Å². The fourth-order valence-corrected chi connectivity index (χ4v) is 2.50. The molecule has 3 rings (SSSR count). The van der Waals surface area contributed by atoms with Crippen molar-refractivity contribution in [2.75, 3.05) is 0 Å². The van der Waals surface area contributed by atoms with Crippen LogP contribution in [0.2, 0.25) is 0 Å². The number of oxime groups is 1. The molecule has 0 radical (unpaired) electrons. The SMILES string of the molecule is Cc1ccc(C2=NOC(F)(F)/C2=C/CCc2ccccc2)cc1. The van der Waals surface area contributed by atoms with Gasteiger partial charge in [-0.2, -0.15) is 8.78 Å². The summed E-state index contributed by atoms with van der Waals surface area (Å²) in [6, 6.07) is 17.1. The summed E-state index contributed by atoms with van der Waals surface area (Å²) < 4.78 is 27.9. The maximum absolute atomic E-state index is 13.9. The summed E-state index contributed by atoms with van der Waals surface area (Å²) in [6.45, 7) is 1.95. The van der Waals surface area contributed by atoms with Gasteiger partial charge in [0, 0.05) is 5.56 Å². The molecule has 0 aromatic heterocycles. The number of alkyl halides is 2. The zero-order chi connectivity index (χ0) is 16.3. The van der Waals surface area contributed by atoms with E-state index < -0.39 is 6.11 Å². The molecule has 2 nitrogen and oxygen atoms in total. The van der Waals surface area contributed by atoms with E-state index in [-0.39, 0.29) is 11.3 Å². The third kappa shape index (κ3) is 3.47. The van der Waals surface area contributed by atoms with Crippen LogP contribution in [0.1, 0.15) is 23.1 Å². The highest BCUT2D eigenvalue weighted by Crippen LogP contribution is 2.35. The largest absolute Gasteiger partial charge is 0.448 e. The summed E-state index contributed by atoms with van der Waals surface area (Å²) >= 11 is 0. The predicted octanol–water partition coefficient (Wildman–Crippen LogP) is 4.88. The molecule has 23 heavy (non-hydrogen) atoms. The lowest BCUT2D eigenvalue weighted by molar-refractivity contribution is -0.194. The number of benzene rings is 2. The fourth-order valence-electron chi connectivity index (χ4n) is 2.50. The minimum atomic E-state index is -3.36. The Labute approximate surface area is 134 Å². The molecule has 1 aliphatic rings. The molecule has 118 valence electrons. The van der Waals surface area contributed by atoms with Gasteiger partial charge in [0.15, 0.2) is 0 Å². The minimum Gasteiger partial charge on any atom is -0.318 e. The molecule has 4 heteroatoms. The Balaban J connectivity index is 1.80. The zero-order valence-electron chi connectivity index (χ0n) is 12.8. The molecule has 0 saturated carbocycles. The second kappa shape index (κ2) is 6.32. The van der Waals surface area contributed by atoms with E-state index in [0.29, 0.717) is 18.4 Å². The molecule has 0 aliphatic carbocycles. The second-order valence-corrected chi connectivity index (χ2v) is 5.56. The fraction of sp³-hybridized carbons (Fsp3) is 0.211. The molecule has 0 N–H and O–H groups in total. The van der Waals surface area contributed by atoms with E-state index >= 15 is 0 Å². The Morgan fingerprint density at radius 1 is 1.04 bits per heavy atom. The van der Waals surface area contributed by atoms with Crippen molar-refractivity contribution in [3.05, 3.63) is 82.9 Å². The first-order valence-electron chi connectivity index (χ1n) is 7.52. The summed E-state index contributed by atoms with van der Waals surface area (Å²) in [4.78, 5) is 4.34. The Hall–Kier alpha value is -2.49. The van der Waals surface area contributed by atoms with E-state index in [1.54, 1.807) is 12.1 Å². The van der Waals surface area contributed by atoms with E-state index in [4.69, 9.17) is 0 Å². The summed E-state index contributed by atoms with van der Waals surface area (Å²) in [5, 5.41) is 3.59. The third-order valence-electron chi connectivity index (χ3n) is 3.77. The molecule has 2 aromatic rings. The van der Waals surface area contributed by atoms with Crippen LogP contribution in [0, 0.1) is 6.92 Å². The predicted molar refractivity (Wildman–Crippen MR) is 86.6 cm³/mol. The van der Waals surface area contributed by atoms with Gasteiger partial charge in [-0.25, -0.2) is 0 Å². The normalized spacial score (nSPS) is 17.9. The quantitative estimate of drug-likeness (QED) is 0.788. The summed E-state index contributed by atoms with van der Waals surface area (Å²) in [7, 11) is 0. The molecule has 0 spiro atoms. The van der Waals surface area contributed by atoms with Crippen LogP contribution in [-0.4, -0.2) is 11.8 Å². The van der Waals surface area contributed by atoms with Gasteiger partial charge in [-0.05, 0) is 25.3 Å². The average Bonchev–Trinajstić information content (AvgIpc) is 2.85. The Bertz CT molecular complexity index is 734. The molecule has 0 fully saturated rings. The van der Waals surface area contributed by atoms with Gasteiger partial charge in [-0.15, -0.1) is 0 Å². The molecule has 0 unspecified atom stereocenters. The molecular weight excluding hydrogens is 296 g/mol. The van der Waals surface area contributed by atoms with Gasteiger partial charge in [0.25, 0.3) is 0 Å². The number of aryl methyl sites for hydroxylation is 2. The standard InChI is InChI=1S/C19H17F2NO/c1-14-10-12-16(13-11-14)18-17(19(20,21)23-22-18)9-5-8-15-6-3-2-4-7-15/h2-4,6-7,9-13H,5,8H2,1H3/b17-9+. The lowest BCUT2D eigenvalue weighted by atomic mass is 9.99. The van der Waals surface area contributed by atoms with Crippen LogP contribution < -0.4 is 0 Å². The first kappa shape index (κ1) is 15.4. The smallest absolute Gasteiger partial charge is 0.318 e. The van der Waals surface area contributed by atoms with E-state index in [9.17, 15) is 8.78 Å². The highest BCUT2D eigenvalue weighted by atomic mass is 19.3. The second-order valence-electron chi connectivity index (χ2n) is 5.56. The first-order valence-corrected chi connectivity index (χ1v) is 7.52. The topological polar surface area (TPSA) is 21.6 Å². The van der Waals surface area contributed by atoms with Crippen molar-refractivity contribution in [1.82, 2.24) is 0 Å². The summed E-state index contributed by atoms with van der Waals surface area (Å²) in [5.74, 6) is 0.